The van der Waals surface area contributed by atoms with E-state index in [9.17, 15) is 19.0 Å². The van der Waals surface area contributed by atoms with Gasteiger partial charge in [-0.1, -0.05) is 13.8 Å². The summed E-state index contributed by atoms with van der Waals surface area (Å²) in [7, 11) is 1.46. The van der Waals surface area contributed by atoms with Crippen molar-refractivity contribution < 1.29 is 42.1 Å². The third kappa shape index (κ3) is 13.9. The molecule has 10 heteroatoms. The Morgan fingerprint density at radius 1 is 1.08 bits per heavy atom. The van der Waals surface area contributed by atoms with Crippen molar-refractivity contribution in [1.29, 1.82) is 0 Å². The molecule has 0 bridgehead atoms. The molecule has 0 aromatic rings. The van der Waals surface area contributed by atoms with Crippen LogP contribution >= 0.6 is 7.82 Å². The van der Waals surface area contributed by atoms with E-state index in [1.54, 1.807) is 6.92 Å². The van der Waals surface area contributed by atoms with E-state index >= 15 is 0 Å². The lowest BCUT2D eigenvalue weighted by molar-refractivity contribution is -0.870. The Morgan fingerprint density at radius 2 is 1.72 bits per heavy atom. The van der Waals surface area contributed by atoms with E-state index in [1.165, 1.54) is 0 Å². The molecule has 0 amide bonds. The van der Waals surface area contributed by atoms with Crippen LogP contribution in [-0.2, 0) is 32.7 Å². The zero-order valence-electron chi connectivity index (χ0n) is 15.7. The Labute approximate surface area is 149 Å². The third-order valence-corrected chi connectivity index (χ3v) is 3.90. The van der Waals surface area contributed by atoms with E-state index in [1.807, 2.05) is 28.1 Å². The highest BCUT2D eigenvalue weighted by molar-refractivity contribution is 7.47. The van der Waals surface area contributed by atoms with Crippen LogP contribution in [0.25, 0.3) is 0 Å². The van der Waals surface area contributed by atoms with Gasteiger partial charge in [-0.15, -0.1) is 0 Å². The summed E-state index contributed by atoms with van der Waals surface area (Å²) in [5, 5.41) is 0. The quantitative estimate of drug-likeness (QED) is 0.289. The first-order chi connectivity index (χ1) is 11.5. The summed E-state index contributed by atoms with van der Waals surface area (Å²) >= 11 is 0. The molecule has 0 heterocycles. The van der Waals surface area contributed by atoms with Crippen molar-refractivity contribution in [3.63, 3.8) is 0 Å². The van der Waals surface area contributed by atoms with Crippen LogP contribution in [0.4, 0.5) is 0 Å². The molecule has 0 rings (SSSR count). The number of carbonyl (C=O) groups excluding carboxylic acids is 2. The van der Waals surface area contributed by atoms with Crippen molar-refractivity contribution >= 4 is 19.8 Å². The van der Waals surface area contributed by atoms with Crippen molar-refractivity contribution in [1.82, 2.24) is 0 Å². The molecule has 0 spiro atoms. The second-order valence-electron chi connectivity index (χ2n) is 6.51. The van der Waals surface area contributed by atoms with Gasteiger partial charge in [-0.2, -0.15) is 0 Å². The van der Waals surface area contributed by atoms with Gasteiger partial charge >= 0.3 is 19.8 Å². The monoisotopic (exact) mass is 384 g/mol. The molecular formula is C15H31NO8P+. The first-order valence-corrected chi connectivity index (χ1v) is 9.76. The van der Waals surface area contributed by atoms with Crippen LogP contribution in [-0.4, -0.2) is 74.9 Å². The number of esters is 2. The minimum absolute atomic E-state index is 0.0301. The Balaban J connectivity index is 4.52. The summed E-state index contributed by atoms with van der Waals surface area (Å²) in [6.45, 7) is 3.32. The minimum Gasteiger partial charge on any atom is -0.462 e. The lowest BCUT2D eigenvalue weighted by Gasteiger charge is -2.24. The molecule has 25 heavy (non-hydrogen) atoms. The summed E-state index contributed by atoms with van der Waals surface area (Å²) in [6, 6.07) is 0. The van der Waals surface area contributed by atoms with Crippen molar-refractivity contribution in [2.75, 3.05) is 47.5 Å². The standard InChI is InChI=1S/C15H30NO8P/c1-6-8-15(18)24-13(11-21-14(17)7-2)12-23-25(19,20)22-10-9-16(3,4)5/h13H,6-12H2,1-5H3/p+1. The Bertz CT molecular complexity index is 463. The van der Waals surface area contributed by atoms with E-state index in [2.05, 4.69) is 0 Å². The SMILES string of the molecule is CCCC(=O)OC(COC(=O)CC)COP(=O)(O)OCC[N+](C)(C)C. The van der Waals surface area contributed by atoms with E-state index in [4.69, 9.17) is 18.5 Å². The first kappa shape index (κ1) is 24.0. The highest BCUT2D eigenvalue weighted by Gasteiger charge is 2.26. The Morgan fingerprint density at radius 3 is 2.24 bits per heavy atom. The van der Waals surface area contributed by atoms with E-state index in [0.29, 0.717) is 17.4 Å². The number of phosphoric ester groups is 1. The number of hydrogen-bond donors (Lipinski definition) is 1. The molecule has 2 atom stereocenters. The second-order valence-corrected chi connectivity index (χ2v) is 7.96. The predicted octanol–water partition coefficient (Wildman–Crippen LogP) is 1.49. The smallest absolute Gasteiger partial charge is 0.462 e. The largest absolute Gasteiger partial charge is 0.472 e. The minimum atomic E-state index is -4.29. The van der Waals surface area contributed by atoms with Crippen molar-refractivity contribution in [2.45, 2.75) is 39.2 Å². The van der Waals surface area contributed by atoms with Gasteiger partial charge in [0.15, 0.2) is 6.10 Å². The van der Waals surface area contributed by atoms with Gasteiger partial charge in [0.1, 0.15) is 19.8 Å². The van der Waals surface area contributed by atoms with Gasteiger partial charge in [0.05, 0.1) is 27.7 Å². The van der Waals surface area contributed by atoms with Crippen LogP contribution in [0.15, 0.2) is 0 Å². The molecule has 148 valence electrons. The normalized spacial score (nSPS) is 15.3. The zero-order valence-corrected chi connectivity index (χ0v) is 16.6. The fourth-order valence-electron chi connectivity index (χ4n) is 1.50. The number of phosphoric acid groups is 1. The maximum atomic E-state index is 11.9. The molecular weight excluding hydrogens is 353 g/mol. The van der Waals surface area contributed by atoms with Crippen LogP contribution in [0, 0.1) is 0 Å². The maximum absolute atomic E-state index is 11.9. The average Bonchev–Trinajstić information content (AvgIpc) is 2.48. The molecule has 0 aliphatic rings. The van der Waals surface area contributed by atoms with Crippen LogP contribution in [0.3, 0.4) is 0 Å². The summed E-state index contributed by atoms with van der Waals surface area (Å²) in [5.74, 6) is -0.967. The van der Waals surface area contributed by atoms with Gasteiger partial charge in [0, 0.05) is 12.8 Å². The van der Waals surface area contributed by atoms with Gasteiger partial charge in [-0.3, -0.25) is 18.6 Å². The van der Waals surface area contributed by atoms with Gasteiger partial charge < -0.3 is 18.9 Å². The highest BCUT2D eigenvalue weighted by atomic mass is 31.2. The molecule has 0 aliphatic heterocycles. The summed E-state index contributed by atoms with van der Waals surface area (Å²) in [5.41, 5.74) is 0. The summed E-state index contributed by atoms with van der Waals surface area (Å²) in [6.07, 6.45) is -0.0246. The number of carbonyl (C=O) groups is 2. The number of ether oxygens (including phenoxy) is 2. The Kier molecular flexibility index (Phi) is 11.1. The lowest BCUT2D eigenvalue weighted by Crippen LogP contribution is -2.37. The number of hydrogen-bond acceptors (Lipinski definition) is 7. The van der Waals surface area contributed by atoms with Gasteiger partial charge in [-0.25, -0.2) is 4.57 Å². The van der Waals surface area contributed by atoms with Gasteiger partial charge in [-0.05, 0) is 6.42 Å². The van der Waals surface area contributed by atoms with Crippen LogP contribution < -0.4 is 0 Å². The van der Waals surface area contributed by atoms with Crippen LogP contribution in [0.2, 0.25) is 0 Å². The molecule has 9 nitrogen and oxygen atoms in total. The van der Waals surface area contributed by atoms with E-state index < -0.39 is 32.5 Å². The van der Waals surface area contributed by atoms with Crippen molar-refractivity contribution in [3.05, 3.63) is 0 Å². The van der Waals surface area contributed by atoms with E-state index in [0.717, 1.165) is 0 Å². The molecule has 0 aromatic heterocycles. The molecule has 0 aromatic carbocycles. The number of quaternary nitrogens is 1. The summed E-state index contributed by atoms with van der Waals surface area (Å²) in [4.78, 5) is 32.5. The molecule has 0 saturated heterocycles. The van der Waals surface area contributed by atoms with Crippen molar-refractivity contribution in [3.8, 4) is 0 Å². The average molecular weight is 384 g/mol. The molecule has 1 N–H and O–H groups in total. The first-order valence-electron chi connectivity index (χ1n) is 8.26. The number of rotatable bonds is 13. The Hall–Kier alpha value is -0.990. The topological polar surface area (TPSA) is 108 Å². The molecule has 0 saturated carbocycles. The molecule has 0 aliphatic carbocycles. The zero-order chi connectivity index (χ0) is 19.5. The van der Waals surface area contributed by atoms with E-state index in [-0.39, 0.29) is 26.1 Å². The number of nitrogens with zero attached hydrogens (tertiary/aromatic N) is 1. The predicted molar refractivity (Wildman–Crippen MR) is 90.7 cm³/mol. The van der Waals surface area contributed by atoms with Crippen molar-refractivity contribution in [2.24, 2.45) is 0 Å². The van der Waals surface area contributed by atoms with Crippen LogP contribution in [0.1, 0.15) is 33.1 Å². The highest BCUT2D eigenvalue weighted by Crippen LogP contribution is 2.43. The second kappa shape index (κ2) is 11.6. The maximum Gasteiger partial charge on any atom is 0.472 e. The number of likely N-dealkylation sites (N-methyl/N-ethyl adjacent to an activating group) is 1. The summed E-state index contributed by atoms with van der Waals surface area (Å²) < 4.78 is 32.2. The van der Waals surface area contributed by atoms with Gasteiger partial charge in [0.2, 0.25) is 0 Å². The molecule has 0 radical (unpaired) electrons. The van der Waals surface area contributed by atoms with Crippen LogP contribution in [0.5, 0.6) is 0 Å². The molecule has 2 unspecified atom stereocenters. The van der Waals surface area contributed by atoms with Gasteiger partial charge in [0.25, 0.3) is 0 Å². The third-order valence-electron chi connectivity index (χ3n) is 2.91. The fourth-order valence-corrected chi connectivity index (χ4v) is 2.24. The molecule has 0 fully saturated rings. The lowest BCUT2D eigenvalue weighted by atomic mass is 10.3. The fraction of sp³-hybridized carbons (Fsp3) is 0.867.